The Kier molecular flexibility index (Phi) is 3.71. The van der Waals surface area contributed by atoms with E-state index in [0.717, 1.165) is 4.31 Å². The van der Waals surface area contributed by atoms with Crippen molar-refractivity contribution in [2.45, 2.75) is 17.9 Å². The van der Waals surface area contributed by atoms with Gasteiger partial charge in [-0.25, -0.2) is 8.42 Å². The van der Waals surface area contributed by atoms with Gasteiger partial charge in [-0.2, -0.15) is 4.31 Å². The third kappa shape index (κ3) is 2.18. The van der Waals surface area contributed by atoms with Gasteiger partial charge in [-0.05, 0) is 19.1 Å². The Balaban J connectivity index is 2.59. The molecular formula is C12H14N2O3S2. The van der Waals surface area contributed by atoms with Crippen LogP contribution in [0.1, 0.15) is 17.3 Å². The van der Waals surface area contributed by atoms with Gasteiger partial charge in [0.05, 0.1) is 4.90 Å². The van der Waals surface area contributed by atoms with E-state index in [2.05, 4.69) is 5.32 Å². The topological polar surface area (TPSA) is 66.5 Å². The molecule has 1 aromatic rings. The molecule has 0 amide bonds. The van der Waals surface area contributed by atoms with Gasteiger partial charge in [0.15, 0.2) is 5.78 Å². The van der Waals surface area contributed by atoms with Crippen molar-refractivity contribution in [3.8, 4) is 0 Å². The van der Waals surface area contributed by atoms with E-state index < -0.39 is 16.1 Å². The van der Waals surface area contributed by atoms with Crippen LogP contribution in [0.2, 0.25) is 0 Å². The van der Waals surface area contributed by atoms with E-state index in [1.165, 1.54) is 19.2 Å². The molecule has 0 spiro atoms. The normalized spacial score (nSPS) is 21.8. The number of hydrogen-bond donors (Lipinski definition) is 1. The molecule has 1 aliphatic rings. The molecule has 1 heterocycles. The third-order valence-corrected chi connectivity index (χ3v) is 5.27. The minimum Gasteiger partial charge on any atom is -0.378 e. The molecule has 0 aromatic heterocycles. The molecule has 2 rings (SSSR count). The number of nitrogens with one attached hydrogen (secondary N) is 1. The maximum Gasteiger partial charge on any atom is 0.244 e. The average Bonchev–Trinajstić information content (AvgIpc) is 2.37. The Morgan fingerprint density at radius 2 is 2.05 bits per heavy atom. The number of fused-ring (bicyclic) bond motifs is 1. The number of carbonyl (C=O) groups excluding carboxylic acids is 1. The van der Waals surface area contributed by atoms with E-state index in [4.69, 9.17) is 12.2 Å². The lowest BCUT2D eigenvalue weighted by atomic mass is 10.0. The Hall–Kier alpha value is -1.31. The van der Waals surface area contributed by atoms with Gasteiger partial charge in [0, 0.05) is 19.2 Å². The molecule has 0 fully saturated rings. The Labute approximate surface area is 117 Å². The molecule has 0 radical (unpaired) electrons. The van der Waals surface area contributed by atoms with Crippen LogP contribution >= 0.6 is 12.2 Å². The van der Waals surface area contributed by atoms with Crippen LogP contribution in [0.15, 0.2) is 29.2 Å². The largest absolute Gasteiger partial charge is 0.378 e. The molecule has 1 aliphatic heterocycles. The first-order valence-electron chi connectivity index (χ1n) is 5.80. The van der Waals surface area contributed by atoms with Crippen LogP contribution in [0.3, 0.4) is 0 Å². The molecule has 0 bridgehead atoms. The molecule has 1 aromatic carbocycles. The number of rotatable bonds is 2. The van der Waals surface area contributed by atoms with Crippen molar-refractivity contribution in [2.24, 2.45) is 0 Å². The molecule has 7 heteroatoms. The van der Waals surface area contributed by atoms with E-state index in [-0.39, 0.29) is 21.2 Å². The highest BCUT2D eigenvalue weighted by Crippen LogP contribution is 2.28. The first-order valence-corrected chi connectivity index (χ1v) is 7.65. The molecular weight excluding hydrogens is 284 g/mol. The van der Waals surface area contributed by atoms with E-state index in [0.29, 0.717) is 6.54 Å². The number of ketones is 1. The van der Waals surface area contributed by atoms with Gasteiger partial charge in [-0.3, -0.25) is 4.79 Å². The predicted octanol–water partition coefficient (Wildman–Crippen LogP) is 0.809. The number of benzene rings is 1. The summed E-state index contributed by atoms with van der Waals surface area (Å²) in [6, 6.07) is 5.23. The van der Waals surface area contributed by atoms with E-state index in [9.17, 15) is 13.2 Å². The number of Topliss-reactive ketones (excluding diaryl/α,β-unsaturated/α-hetero) is 1. The smallest absolute Gasteiger partial charge is 0.244 e. The molecule has 5 nitrogen and oxygen atoms in total. The second-order valence-corrected chi connectivity index (χ2v) is 6.58. The van der Waals surface area contributed by atoms with Crippen LogP contribution in [0.5, 0.6) is 0 Å². The lowest BCUT2D eigenvalue weighted by molar-refractivity contribution is 0.0934. The minimum atomic E-state index is -3.68. The van der Waals surface area contributed by atoms with Crippen molar-refractivity contribution in [1.29, 1.82) is 0 Å². The van der Waals surface area contributed by atoms with Gasteiger partial charge in [-0.1, -0.05) is 24.4 Å². The van der Waals surface area contributed by atoms with Crippen molar-refractivity contribution >= 4 is 33.0 Å². The first-order chi connectivity index (χ1) is 8.91. The summed E-state index contributed by atoms with van der Waals surface area (Å²) >= 11 is 5.12. The Bertz CT molecular complexity index is 640. The number of carbonyl (C=O) groups is 1. The first kappa shape index (κ1) is 14.1. The van der Waals surface area contributed by atoms with Crippen molar-refractivity contribution in [3.63, 3.8) is 0 Å². The van der Waals surface area contributed by atoms with Crippen molar-refractivity contribution in [3.05, 3.63) is 29.8 Å². The van der Waals surface area contributed by atoms with Crippen LogP contribution in [0, 0.1) is 0 Å². The summed E-state index contributed by atoms with van der Waals surface area (Å²) < 4.78 is 25.7. The van der Waals surface area contributed by atoms with Gasteiger partial charge < -0.3 is 5.32 Å². The van der Waals surface area contributed by atoms with Crippen molar-refractivity contribution < 1.29 is 13.2 Å². The highest BCUT2D eigenvalue weighted by atomic mass is 32.2. The molecule has 0 saturated carbocycles. The van der Waals surface area contributed by atoms with E-state index in [1.54, 1.807) is 12.1 Å². The lowest BCUT2D eigenvalue weighted by Gasteiger charge is -2.32. The summed E-state index contributed by atoms with van der Waals surface area (Å²) in [5.74, 6) is -0.293. The maximum atomic E-state index is 12.4. The number of hydrogen-bond acceptors (Lipinski definition) is 4. The fourth-order valence-corrected chi connectivity index (χ4v) is 4.02. The number of sulfonamides is 1. The fraction of sp³-hybridized carbons (Fsp3) is 0.333. The van der Waals surface area contributed by atoms with Crippen LogP contribution in [0.25, 0.3) is 0 Å². The lowest BCUT2D eigenvalue weighted by Crippen LogP contribution is -2.54. The zero-order chi connectivity index (χ0) is 14.2. The molecule has 102 valence electrons. The molecule has 1 atom stereocenters. The third-order valence-electron chi connectivity index (χ3n) is 3.02. The summed E-state index contributed by atoms with van der Waals surface area (Å²) in [5.41, 5.74) is 0.200. The van der Waals surface area contributed by atoms with Crippen LogP contribution < -0.4 is 5.32 Å². The highest BCUT2D eigenvalue weighted by molar-refractivity contribution is 7.89. The summed E-state index contributed by atoms with van der Waals surface area (Å²) in [5, 5.41) is 2.85. The SMILES string of the molecule is CCNC(=S)[C@@H]1C(=O)c2ccccc2S(=O)(=O)N1C. The van der Waals surface area contributed by atoms with Gasteiger partial charge in [-0.15, -0.1) is 0 Å². The monoisotopic (exact) mass is 298 g/mol. The van der Waals surface area contributed by atoms with Gasteiger partial charge in [0.25, 0.3) is 0 Å². The van der Waals surface area contributed by atoms with Crippen molar-refractivity contribution in [1.82, 2.24) is 9.62 Å². The van der Waals surface area contributed by atoms with Crippen LogP contribution in [0.4, 0.5) is 0 Å². The van der Waals surface area contributed by atoms with Crippen molar-refractivity contribution in [2.75, 3.05) is 13.6 Å². The molecule has 19 heavy (non-hydrogen) atoms. The van der Waals surface area contributed by atoms with E-state index >= 15 is 0 Å². The number of nitrogens with zero attached hydrogens (tertiary/aromatic N) is 1. The molecule has 1 N–H and O–H groups in total. The van der Waals surface area contributed by atoms with Gasteiger partial charge >= 0.3 is 0 Å². The Morgan fingerprint density at radius 3 is 2.68 bits per heavy atom. The average molecular weight is 298 g/mol. The number of likely N-dealkylation sites (N-methyl/N-ethyl adjacent to an activating group) is 2. The van der Waals surface area contributed by atoms with Gasteiger partial charge in [0.1, 0.15) is 11.0 Å². The highest BCUT2D eigenvalue weighted by Gasteiger charge is 2.43. The van der Waals surface area contributed by atoms with Crippen LogP contribution in [-0.4, -0.2) is 43.1 Å². The summed E-state index contributed by atoms with van der Waals surface area (Å²) in [4.78, 5) is 12.7. The zero-order valence-corrected chi connectivity index (χ0v) is 12.2. The van der Waals surface area contributed by atoms with E-state index in [1.807, 2.05) is 6.92 Å². The molecule has 0 aliphatic carbocycles. The summed E-state index contributed by atoms with van der Waals surface area (Å²) in [6.07, 6.45) is 0. The number of thiocarbonyl (C=S) groups is 1. The summed E-state index contributed by atoms with van der Waals surface area (Å²) in [6.45, 7) is 2.38. The maximum absolute atomic E-state index is 12.4. The second-order valence-electron chi connectivity index (χ2n) is 4.18. The van der Waals surface area contributed by atoms with Gasteiger partial charge in [0.2, 0.25) is 10.0 Å². The summed E-state index contributed by atoms with van der Waals surface area (Å²) in [7, 11) is -2.31. The standard InChI is InChI=1S/C12H14N2O3S2/c1-3-13-12(18)10-11(15)8-6-4-5-7-9(8)19(16,17)14(10)2/h4-7,10H,3H2,1-2H3,(H,13,18)/t10-/m0/s1. The molecule has 0 unspecified atom stereocenters. The fourth-order valence-electron chi connectivity index (χ4n) is 2.06. The molecule has 0 saturated heterocycles. The Morgan fingerprint density at radius 1 is 1.42 bits per heavy atom. The second kappa shape index (κ2) is 4.99. The van der Waals surface area contributed by atoms with Crippen LogP contribution in [-0.2, 0) is 10.0 Å². The quantitative estimate of drug-likeness (QED) is 0.819. The zero-order valence-electron chi connectivity index (χ0n) is 10.6. The minimum absolute atomic E-state index is 0.0399. The predicted molar refractivity (Wildman–Crippen MR) is 75.8 cm³/mol.